The number of anilines is 2. The monoisotopic (exact) mass is 312 g/mol. The van der Waals surface area contributed by atoms with Crippen molar-refractivity contribution in [2.24, 2.45) is 0 Å². The van der Waals surface area contributed by atoms with Gasteiger partial charge in [-0.25, -0.2) is 13.1 Å². The normalized spacial score (nSPS) is 19.8. The molecule has 1 atom stereocenters. The van der Waals surface area contributed by atoms with Gasteiger partial charge < -0.3 is 11.1 Å². The van der Waals surface area contributed by atoms with Crippen LogP contribution in [-0.2, 0) is 10.0 Å². The summed E-state index contributed by atoms with van der Waals surface area (Å²) in [7, 11) is -2.12. The molecule has 0 radical (unpaired) electrons. The number of sulfonamides is 1. The molecule has 4 N–H and O–H groups in total. The maximum atomic E-state index is 11.8. The molecule has 1 unspecified atom stereocenters. The number of likely N-dealkylation sites (N-methyl/N-ethyl adjacent to an activating group) is 1. The summed E-state index contributed by atoms with van der Waals surface area (Å²) in [5.74, 6) is 0. The van der Waals surface area contributed by atoms with Gasteiger partial charge in [0.1, 0.15) is 4.90 Å². The van der Waals surface area contributed by atoms with Gasteiger partial charge in [0, 0.05) is 18.3 Å². The molecular formula is C14H24N4O2S. The zero-order valence-corrected chi connectivity index (χ0v) is 13.4. The number of hydrogen-bond donors (Lipinski definition) is 3. The second-order valence-corrected chi connectivity index (χ2v) is 7.12. The van der Waals surface area contributed by atoms with E-state index in [0.29, 0.717) is 6.04 Å². The molecule has 1 fully saturated rings. The Morgan fingerprint density at radius 3 is 2.81 bits per heavy atom. The predicted molar refractivity (Wildman–Crippen MR) is 85.9 cm³/mol. The van der Waals surface area contributed by atoms with E-state index in [1.165, 1.54) is 26.0 Å². The summed E-state index contributed by atoms with van der Waals surface area (Å²) >= 11 is 0. The van der Waals surface area contributed by atoms with Crippen molar-refractivity contribution < 1.29 is 8.42 Å². The third-order valence-corrected chi connectivity index (χ3v) is 5.50. The standard InChI is InChI=1S/C14H24N4O2S/c1-3-18-8-4-5-12(18)10-17-11-6-7-14(13(15)9-11)21(19,20)16-2/h6-7,9,12,16-17H,3-5,8,10,15H2,1-2H3. The van der Waals surface area contributed by atoms with E-state index in [0.717, 1.165) is 25.3 Å². The molecule has 7 heteroatoms. The van der Waals surface area contributed by atoms with Gasteiger partial charge in [0.05, 0.1) is 5.69 Å². The van der Waals surface area contributed by atoms with Crippen LogP contribution in [0.4, 0.5) is 11.4 Å². The van der Waals surface area contributed by atoms with E-state index in [9.17, 15) is 8.42 Å². The quantitative estimate of drug-likeness (QED) is 0.684. The number of nitrogen functional groups attached to an aromatic ring is 1. The Bertz CT molecular complexity index is 589. The lowest BCUT2D eigenvalue weighted by Crippen LogP contribution is -2.34. The Balaban J connectivity index is 2.04. The van der Waals surface area contributed by atoms with Gasteiger partial charge in [0.15, 0.2) is 0 Å². The van der Waals surface area contributed by atoms with Gasteiger partial charge in [0.2, 0.25) is 10.0 Å². The Morgan fingerprint density at radius 1 is 1.43 bits per heavy atom. The number of nitrogens with one attached hydrogen (secondary N) is 2. The number of nitrogens with two attached hydrogens (primary N) is 1. The van der Waals surface area contributed by atoms with E-state index in [2.05, 4.69) is 21.9 Å². The average Bonchev–Trinajstić information content (AvgIpc) is 2.92. The molecule has 0 bridgehead atoms. The zero-order chi connectivity index (χ0) is 15.5. The molecule has 21 heavy (non-hydrogen) atoms. The molecular weight excluding hydrogens is 288 g/mol. The summed E-state index contributed by atoms with van der Waals surface area (Å²) in [6.07, 6.45) is 2.43. The summed E-state index contributed by atoms with van der Waals surface area (Å²) < 4.78 is 25.8. The first-order valence-corrected chi connectivity index (χ1v) is 8.77. The average molecular weight is 312 g/mol. The van der Waals surface area contributed by atoms with Crippen LogP contribution in [-0.4, -0.2) is 46.0 Å². The minimum atomic E-state index is -3.50. The molecule has 1 heterocycles. The molecule has 0 aliphatic carbocycles. The third kappa shape index (κ3) is 3.66. The summed E-state index contributed by atoms with van der Waals surface area (Å²) in [5.41, 5.74) is 6.96. The Kier molecular flexibility index (Phi) is 5.08. The zero-order valence-electron chi connectivity index (χ0n) is 12.6. The fraction of sp³-hybridized carbons (Fsp3) is 0.571. The van der Waals surface area contributed by atoms with Crippen molar-refractivity contribution in [1.29, 1.82) is 0 Å². The van der Waals surface area contributed by atoms with Crippen molar-refractivity contribution in [2.75, 3.05) is 37.7 Å². The summed E-state index contributed by atoms with van der Waals surface area (Å²) in [6, 6.07) is 5.51. The SMILES string of the molecule is CCN1CCCC1CNc1ccc(S(=O)(=O)NC)c(N)c1. The van der Waals surface area contributed by atoms with E-state index in [4.69, 9.17) is 5.73 Å². The minimum Gasteiger partial charge on any atom is -0.398 e. The largest absolute Gasteiger partial charge is 0.398 e. The van der Waals surface area contributed by atoms with E-state index < -0.39 is 10.0 Å². The first kappa shape index (κ1) is 16.1. The molecule has 6 nitrogen and oxygen atoms in total. The second kappa shape index (κ2) is 6.64. The van der Waals surface area contributed by atoms with Crippen LogP contribution in [0, 0.1) is 0 Å². The lowest BCUT2D eigenvalue weighted by molar-refractivity contribution is 0.277. The molecule has 1 aliphatic rings. The van der Waals surface area contributed by atoms with Crippen molar-refractivity contribution in [3.8, 4) is 0 Å². The highest BCUT2D eigenvalue weighted by Crippen LogP contribution is 2.23. The molecule has 0 spiro atoms. The van der Waals surface area contributed by atoms with E-state index in [1.54, 1.807) is 12.1 Å². The Labute approximate surface area is 126 Å². The highest BCUT2D eigenvalue weighted by molar-refractivity contribution is 7.89. The van der Waals surface area contributed by atoms with Crippen molar-refractivity contribution in [3.63, 3.8) is 0 Å². The second-order valence-electron chi connectivity index (χ2n) is 5.27. The van der Waals surface area contributed by atoms with Crippen LogP contribution in [0.5, 0.6) is 0 Å². The summed E-state index contributed by atoms with van der Waals surface area (Å²) in [5, 5.41) is 3.35. The Hall–Kier alpha value is -1.31. The van der Waals surface area contributed by atoms with E-state index in [1.807, 2.05) is 0 Å². The molecule has 2 rings (SSSR count). The van der Waals surface area contributed by atoms with Crippen LogP contribution in [0.25, 0.3) is 0 Å². The number of nitrogens with zero attached hydrogens (tertiary/aromatic N) is 1. The molecule has 118 valence electrons. The van der Waals surface area contributed by atoms with E-state index in [-0.39, 0.29) is 10.6 Å². The molecule has 0 saturated carbocycles. The number of likely N-dealkylation sites (tertiary alicyclic amines) is 1. The summed E-state index contributed by atoms with van der Waals surface area (Å²) in [6.45, 7) is 5.25. The van der Waals surface area contributed by atoms with Crippen LogP contribution >= 0.6 is 0 Å². The van der Waals surface area contributed by atoms with Crippen molar-refractivity contribution in [2.45, 2.75) is 30.7 Å². The third-order valence-electron chi connectivity index (χ3n) is 4.02. The number of hydrogen-bond acceptors (Lipinski definition) is 5. The van der Waals surface area contributed by atoms with Gasteiger partial charge in [-0.3, -0.25) is 4.90 Å². The Morgan fingerprint density at radius 2 is 2.19 bits per heavy atom. The lowest BCUT2D eigenvalue weighted by atomic mass is 10.2. The first-order valence-electron chi connectivity index (χ1n) is 7.29. The van der Waals surface area contributed by atoms with Gasteiger partial charge in [-0.2, -0.15) is 0 Å². The number of rotatable bonds is 6. The topological polar surface area (TPSA) is 87.5 Å². The fourth-order valence-corrected chi connectivity index (χ4v) is 3.63. The van der Waals surface area contributed by atoms with Gasteiger partial charge in [-0.05, 0) is 51.2 Å². The molecule has 1 aliphatic heterocycles. The predicted octanol–water partition coefficient (Wildman–Crippen LogP) is 1.07. The van der Waals surface area contributed by atoms with Crippen LogP contribution < -0.4 is 15.8 Å². The van der Waals surface area contributed by atoms with Gasteiger partial charge in [-0.1, -0.05) is 6.92 Å². The molecule has 1 saturated heterocycles. The fourth-order valence-electron chi connectivity index (χ4n) is 2.79. The van der Waals surface area contributed by atoms with Gasteiger partial charge >= 0.3 is 0 Å². The minimum absolute atomic E-state index is 0.117. The van der Waals surface area contributed by atoms with E-state index >= 15 is 0 Å². The highest BCUT2D eigenvalue weighted by atomic mass is 32.2. The van der Waals surface area contributed by atoms with Crippen LogP contribution in [0.3, 0.4) is 0 Å². The molecule has 0 aromatic heterocycles. The molecule has 1 aromatic carbocycles. The smallest absolute Gasteiger partial charge is 0.242 e. The van der Waals surface area contributed by atoms with Crippen molar-refractivity contribution in [1.82, 2.24) is 9.62 Å². The first-order chi connectivity index (χ1) is 9.97. The van der Waals surface area contributed by atoms with Gasteiger partial charge in [-0.15, -0.1) is 0 Å². The summed E-state index contributed by atoms with van der Waals surface area (Å²) in [4.78, 5) is 2.57. The van der Waals surface area contributed by atoms with Crippen molar-refractivity contribution >= 4 is 21.4 Å². The molecule has 1 aromatic rings. The molecule has 0 amide bonds. The maximum absolute atomic E-state index is 11.8. The number of benzene rings is 1. The van der Waals surface area contributed by atoms with Gasteiger partial charge in [0.25, 0.3) is 0 Å². The highest BCUT2D eigenvalue weighted by Gasteiger charge is 2.22. The van der Waals surface area contributed by atoms with Crippen LogP contribution in [0.15, 0.2) is 23.1 Å². The van der Waals surface area contributed by atoms with Crippen LogP contribution in [0.2, 0.25) is 0 Å². The van der Waals surface area contributed by atoms with Crippen molar-refractivity contribution in [3.05, 3.63) is 18.2 Å². The van der Waals surface area contributed by atoms with Crippen LogP contribution in [0.1, 0.15) is 19.8 Å². The lowest BCUT2D eigenvalue weighted by Gasteiger charge is -2.23. The maximum Gasteiger partial charge on any atom is 0.242 e.